The number of benzene rings is 3. The highest BCUT2D eigenvalue weighted by Gasteiger charge is 2.38. The molecule has 76 heavy (non-hydrogen) atoms. The third kappa shape index (κ3) is 12.9. The first kappa shape index (κ1) is 54.4. The van der Waals surface area contributed by atoms with Gasteiger partial charge in [0, 0.05) is 89.7 Å². The number of piperazine rings is 2. The molecule has 0 spiro atoms. The number of likely N-dealkylation sites (tertiary alicyclic amines) is 2. The first-order valence-corrected chi connectivity index (χ1v) is 27.3. The van der Waals surface area contributed by atoms with E-state index in [9.17, 15) is 28.8 Å². The lowest BCUT2D eigenvalue weighted by Gasteiger charge is -2.41. The van der Waals surface area contributed by atoms with Crippen LogP contribution in [0.4, 0.5) is 18.0 Å². The Labute approximate surface area is 442 Å². The quantitative estimate of drug-likeness (QED) is 0.158. The van der Waals surface area contributed by atoms with E-state index >= 15 is 13.2 Å². The van der Waals surface area contributed by atoms with Gasteiger partial charge in [-0.15, -0.1) is 0 Å². The Morgan fingerprint density at radius 2 is 1.39 bits per heavy atom. The Morgan fingerprint density at radius 1 is 0.724 bits per heavy atom. The third-order valence-corrected chi connectivity index (χ3v) is 16.1. The average molecular weight is 1050 g/mol. The highest BCUT2D eigenvalue weighted by atomic mass is 19.1. The van der Waals surface area contributed by atoms with Crippen molar-refractivity contribution < 1.29 is 41.9 Å². The van der Waals surface area contributed by atoms with E-state index in [0.717, 1.165) is 70.6 Å². The van der Waals surface area contributed by atoms with Gasteiger partial charge in [-0.25, -0.2) is 23.1 Å². The lowest BCUT2D eigenvalue weighted by atomic mass is 9.83. The summed E-state index contributed by atoms with van der Waals surface area (Å²) >= 11 is 0. The second-order valence-corrected chi connectivity index (χ2v) is 22.5. The number of ether oxygens (including phenoxy) is 1. The monoisotopic (exact) mass is 1050 g/mol. The van der Waals surface area contributed by atoms with Gasteiger partial charge in [-0.1, -0.05) is 49.6 Å². The molecule has 1 saturated carbocycles. The molecule has 4 aromatic rings. The summed E-state index contributed by atoms with van der Waals surface area (Å²) in [5.41, 5.74) is -0.310. The van der Waals surface area contributed by atoms with Crippen molar-refractivity contribution in [3.63, 3.8) is 0 Å². The van der Waals surface area contributed by atoms with Crippen LogP contribution in [-0.2, 0) is 20.7 Å². The van der Waals surface area contributed by atoms with Gasteiger partial charge in [0.1, 0.15) is 34.7 Å². The number of hydrogen-bond acceptors (Lipinski definition) is 10. The van der Waals surface area contributed by atoms with E-state index in [4.69, 9.17) is 4.74 Å². The molecule has 5 amide bonds. The minimum atomic E-state index is -1.00. The minimum absolute atomic E-state index is 0.000651. The molecule has 5 heterocycles. The molecule has 5 fully saturated rings. The number of halogens is 3. The Morgan fingerprint density at radius 3 is 2.11 bits per heavy atom. The van der Waals surface area contributed by atoms with Crippen LogP contribution in [0.1, 0.15) is 122 Å². The van der Waals surface area contributed by atoms with Gasteiger partial charge in [-0.3, -0.25) is 33.8 Å². The number of hydrogen-bond donors (Lipinski definition) is 2. The van der Waals surface area contributed by atoms with E-state index in [1.807, 2.05) is 12.1 Å². The number of nitrogens with one attached hydrogen (secondary N) is 2. The summed E-state index contributed by atoms with van der Waals surface area (Å²) in [6.07, 6.45) is 7.04. The second-order valence-electron chi connectivity index (χ2n) is 22.5. The van der Waals surface area contributed by atoms with E-state index in [-0.39, 0.29) is 60.6 Å². The van der Waals surface area contributed by atoms with Crippen LogP contribution in [0.2, 0.25) is 0 Å². The normalized spacial score (nSPS) is 20.2. The van der Waals surface area contributed by atoms with E-state index in [2.05, 4.69) is 25.3 Å². The van der Waals surface area contributed by atoms with E-state index in [0.29, 0.717) is 93.0 Å². The maximum atomic E-state index is 16.4. The molecular weight excluding hydrogens is 980 g/mol. The number of aromatic amines is 1. The Hall–Kier alpha value is -6.34. The topological polar surface area (TPSA) is 172 Å². The number of piperidine rings is 2. The summed E-state index contributed by atoms with van der Waals surface area (Å²) in [4.78, 5) is 91.9. The number of carbonyl (C=O) groups excluding carboxylic acids is 5. The number of rotatable bonds is 12. The van der Waals surface area contributed by atoms with Crippen LogP contribution < -0.4 is 10.9 Å². The zero-order valence-corrected chi connectivity index (χ0v) is 44.1. The molecule has 3 aromatic carbocycles. The summed E-state index contributed by atoms with van der Waals surface area (Å²) in [6.45, 7) is 12.1. The first-order valence-electron chi connectivity index (χ1n) is 27.3. The molecule has 9 rings (SSSR count). The van der Waals surface area contributed by atoms with Crippen molar-refractivity contribution in [1.29, 1.82) is 0 Å². The van der Waals surface area contributed by atoms with Gasteiger partial charge in [-0.05, 0) is 120 Å². The van der Waals surface area contributed by atoms with Gasteiger partial charge in [0.2, 0.25) is 11.8 Å². The maximum Gasteiger partial charge on any atom is 0.410 e. The van der Waals surface area contributed by atoms with Crippen LogP contribution in [0.25, 0.3) is 10.8 Å². The van der Waals surface area contributed by atoms with E-state index < -0.39 is 58.5 Å². The summed E-state index contributed by atoms with van der Waals surface area (Å²) in [6, 6.07) is 13.1. The fourth-order valence-electron chi connectivity index (χ4n) is 11.9. The van der Waals surface area contributed by atoms with Gasteiger partial charge >= 0.3 is 6.09 Å². The number of H-pyrrole nitrogens is 1. The van der Waals surface area contributed by atoms with Crippen LogP contribution in [0.3, 0.4) is 0 Å². The molecule has 1 unspecified atom stereocenters. The molecule has 2 N–H and O–H groups in total. The number of amides is 5. The second kappa shape index (κ2) is 23.9. The molecule has 16 nitrogen and oxygen atoms in total. The summed E-state index contributed by atoms with van der Waals surface area (Å²) in [5, 5.41) is 10.8. The standard InChI is InChI=1S/C57H72F3N9O7/c1-57(2,3)76-56(75)69-21-9-12-40(35-69)41-16-18-46(59)49(50(41)60)53(72)61-51(39-10-5-4-6-11-39)55(74)68-26-24-65(25-27-68)34-37-19-22-64(23-20-37)36-48(70)66-28-30-67(31-29-66)54(73)44-32-38(15-17-45(44)58)33-47-42-13-7-8-14-43(42)52(71)63-62-47/h7-8,13-18,32,37,39-40,51H,4-6,9-12,19-31,33-36H2,1-3H3,(H,61,72)(H,63,71)/t40?,51-/m1/s1. The largest absolute Gasteiger partial charge is 0.444 e. The molecule has 1 aliphatic carbocycles. The molecule has 2 atom stereocenters. The maximum absolute atomic E-state index is 16.4. The van der Waals surface area contributed by atoms with Crippen LogP contribution in [0.5, 0.6) is 0 Å². The predicted octanol–water partition coefficient (Wildman–Crippen LogP) is 6.57. The minimum Gasteiger partial charge on any atom is -0.444 e. The predicted molar refractivity (Wildman–Crippen MR) is 280 cm³/mol. The molecular formula is C57H72F3N9O7. The van der Waals surface area contributed by atoms with Gasteiger partial charge in [-0.2, -0.15) is 5.10 Å². The molecule has 0 radical (unpaired) electrons. The van der Waals surface area contributed by atoms with Gasteiger partial charge in [0.15, 0.2) is 0 Å². The van der Waals surface area contributed by atoms with Gasteiger partial charge < -0.3 is 29.7 Å². The van der Waals surface area contributed by atoms with Crippen molar-refractivity contribution in [3.05, 3.63) is 110 Å². The fraction of sp³-hybridized carbons (Fsp3) is 0.561. The number of fused-ring (bicyclic) bond motifs is 1. The molecule has 4 aliphatic heterocycles. The lowest BCUT2D eigenvalue weighted by Crippen LogP contribution is -2.57. The van der Waals surface area contributed by atoms with Crippen molar-refractivity contribution in [1.82, 2.24) is 44.9 Å². The average Bonchev–Trinajstić information content (AvgIpc) is 3.42. The fourth-order valence-corrected chi connectivity index (χ4v) is 11.9. The number of carbonyl (C=O) groups is 5. The molecule has 4 saturated heterocycles. The number of aromatic nitrogens is 2. The Balaban J connectivity index is 0.723. The molecule has 5 aliphatic rings. The summed E-state index contributed by atoms with van der Waals surface area (Å²) in [5.74, 6) is -4.42. The molecule has 0 bridgehead atoms. The van der Waals surface area contributed by atoms with Crippen LogP contribution in [-0.4, -0.2) is 173 Å². The highest BCUT2D eigenvalue weighted by molar-refractivity contribution is 5.98. The van der Waals surface area contributed by atoms with Crippen molar-refractivity contribution in [2.24, 2.45) is 11.8 Å². The van der Waals surface area contributed by atoms with Gasteiger partial charge in [0.05, 0.1) is 23.2 Å². The van der Waals surface area contributed by atoms with Crippen LogP contribution in [0, 0.1) is 29.3 Å². The first-order chi connectivity index (χ1) is 36.5. The zero-order chi connectivity index (χ0) is 53.7. The van der Waals surface area contributed by atoms with Crippen molar-refractivity contribution in [2.45, 2.75) is 103 Å². The van der Waals surface area contributed by atoms with E-state index in [1.54, 1.807) is 59.7 Å². The van der Waals surface area contributed by atoms with Crippen molar-refractivity contribution >= 4 is 40.5 Å². The van der Waals surface area contributed by atoms with Crippen molar-refractivity contribution in [3.8, 4) is 0 Å². The SMILES string of the molecule is CC(C)(C)OC(=O)N1CCCC(c2ccc(F)c(C(=O)N[C@@H](C(=O)N3CCN(CC4CCN(CC(=O)N5CCN(C(=O)c6cc(Cc7n[nH]c(=O)c8ccccc78)ccc6F)CC5)CC4)CC3)C3CCCCC3)c2F)C1. The third-order valence-electron chi connectivity index (χ3n) is 16.1. The zero-order valence-electron chi connectivity index (χ0n) is 44.1. The molecule has 1 aromatic heterocycles. The molecule has 408 valence electrons. The summed E-state index contributed by atoms with van der Waals surface area (Å²) in [7, 11) is 0. The Bertz CT molecular complexity index is 2830. The highest BCUT2D eigenvalue weighted by Crippen LogP contribution is 2.33. The summed E-state index contributed by atoms with van der Waals surface area (Å²) < 4.78 is 52.6. The smallest absolute Gasteiger partial charge is 0.410 e. The number of nitrogens with zero attached hydrogens (tertiary/aromatic N) is 7. The Kier molecular flexibility index (Phi) is 17.1. The van der Waals surface area contributed by atoms with Crippen LogP contribution in [0.15, 0.2) is 59.4 Å². The van der Waals surface area contributed by atoms with Crippen LogP contribution >= 0.6 is 0 Å². The molecule has 19 heteroatoms. The van der Waals surface area contributed by atoms with Gasteiger partial charge in [0.25, 0.3) is 17.4 Å². The lowest BCUT2D eigenvalue weighted by molar-refractivity contribution is -0.137. The van der Waals surface area contributed by atoms with E-state index in [1.165, 1.54) is 17.0 Å². The van der Waals surface area contributed by atoms with Crippen molar-refractivity contribution in [2.75, 3.05) is 91.6 Å².